The van der Waals surface area contributed by atoms with Crippen LogP contribution < -0.4 is 11.1 Å². The zero-order chi connectivity index (χ0) is 15.0. The van der Waals surface area contributed by atoms with Gasteiger partial charge >= 0.3 is 0 Å². The van der Waals surface area contributed by atoms with Gasteiger partial charge in [0.15, 0.2) is 5.78 Å². The Bertz CT molecular complexity index is 427. The number of anilines is 2. The summed E-state index contributed by atoms with van der Waals surface area (Å²) in [5, 5.41) is 3.36. The third-order valence-corrected chi connectivity index (χ3v) is 3.47. The SMILES string of the molecule is CC(=O)c1ccc(NCCCCCCC(C)C)cc1N. The number of unbranched alkanes of at least 4 members (excludes halogenated alkanes) is 3. The van der Waals surface area contributed by atoms with Crippen molar-refractivity contribution in [3.8, 4) is 0 Å². The molecule has 0 amide bonds. The molecule has 0 aliphatic heterocycles. The zero-order valence-electron chi connectivity index (χ0n) is 13.0. The van der Waals surface area contributed by atoms with E-state index in [2.05, 4.69) is 19.2 Å². The van der Waals surface area contributed by atoms with Gasteiger partial charge in [-0.15, -0.1) is 0 Å². The average molecular weight is 276 g/mol. The molecule has 1 rings (SSSR count). The third-order valence-electron chi connectivity index (χ3n) is 3.47. The topological polar surface area (TPSA) is 55.1 Å². The third kappa shape index (κ3) is 6.09. The molecule has 0 atom stereocenters. The van der Waals surface area contributed by atoms with Crippen LogP contribution in [-0.2, 0) is 0 Å². The number of hydrogen-bond acceptors (Lipinski definition) is 3. The molecule has 20 heavy (non-hydrogen) atoms. The Kier molecular flexibility index (Phi) is 7.13. The Hall–Kier alpha value is -1.51. The van der Waals surface area contributed by atoms with E-state index in [1.807, 2.05) is 12.1 Å². The van der Waals surface area contributed by atoms with Crippen molar-refractivity contribution in [1.82, 2.24) is 0 Å². The van der Waals surface area contributed by atoms with Crippen LogP contribution >= 0.6 is 0 Å². The first-order valence-electron chi connectivity index (χ1n) is 7.65. The first-order valence-corrected chi connectivity index (χ1v) is 7.65. The number of rotatable bonds is 9. The lowest BCUT2D eigenvalue weighted by molar-refractivity contribution is 0.101. The number of ketones is 1. The summed E-state index contributed by atoms with van der Waals surface area (Å²) in [7, 11) is 0. The second kappa shape index (κ2) is 8.62. The lowest BCUT2D eigenvalue weighted by Gasteiger charge is -2.09. The van der Waals surface area contributed by atoms with Crippen LogP contribution in [0.1, 0.15) is 63.2 Å². The second-order valence-corrected chi connectivity index (χ2v) is 5.88. The van der Waals surface area contributed by atoms with Crippen molar-refractivity contribution < 1.29 is 4.79 Å². The van der Waals surface area contributed by atoms with Gasteiger partial charge in [-0.05, 0) is 37.5 Å². The number of nitrogen functional groups attached to an aromatic ring is 1. The molecule has 1 aromatic rings. The van der Waals surface area contributed by atoms with Crippen LogP contribution in [0, 0.1) is 5.92 Å². The zero-order valence-corrected chi connectivity index (χ0v) is 13.0. The number of Topliss-reactive ketones (excluding diaryl/α,β-unsaturated/α-hetero) is 1. The molecule has 0 bridgehead atoms. The molecular formula is C17H28N2O. The summed E-state index contributed by atoms with van der Waals surface area (Å²) in [4.78, 5) is 11.3. The number of carbonyl (C=O) groups excluding carboxylic acids is 1. The minimum absolute atomic E-state index is 0.0132. The summed E-state index contributed by atoms with van der Waals surface area (Å²) in [6, 6.07) is 5.56. The second-order valence-electron chi connectivity index (χ2n) is 5.88. The Morgan fingerprint density at radius 1 is 1.20 bits per heavy atom. The van der Waals surface area contributed by atoms with E-state index in [1.165, 1.54) is 39.0 Å². The van der Waals surface area contributed by atoms with Gasteiger partial charge in [0.2, 0.25) is 0 Å². The summed E-state index contributed by atoms with van der Waals surface area (Å²) in [5.74, 6) is 0.829. The fraction of sp³-hybridized carbons (Fsp3) is 0.588. The molecule has 1 aromatic carbocycles. The highest BCUT2D eigenvalue weighted by atomic mass is 16.1. The van der Waals surface area contributed by atoms with E-state index < -0.39 is 0 Å². The smallest absolute Gasteiger partial charge is 0.161 e. The van der Waals surface area contributed by atoms with Crippen LogP contribution in [0.15, 0.2) is 18.2 Å². The molecular weight excluding hydrogens is 248 g/mol. The number of nitrogens with one attached hydrogen (secondary N) is 1. The first kappa shape index (κ1) is 16.5. The lowest BCUT2D eigenvalue weighted by Crippen LogP contribution is -2.04. The van der Waals surface area contributed by atoms with Crippen LogP contribution in [-0.4, -0.2) is 12.3 Å². The summed E-state index contributed by atoms with van der Waals surface area (Å²) in [6.45, 7) is 7.05. The van der Waals surface area contributed by atoms with Crippen molar-refractivity contribution >= 4 is 17.2 Å². The van der Waals surface area contributed by atoms with Gasteiger partial charge in [-0.25, -0.2) is 0 Å². The van der Waals surface area contributed by atoms with Crippen LogP contribution in [0.2, 0.25) is 0 Å². The summed E-state index contributed by atoms with van der Waals surface area (Å²) in [6.07, 6.45) is 6.41. The summed E-state index contributed by atoms with van der Waals surface area (Å²) >= 11 is 0. The molecule has 0 saturated heterocycles. The molecule has 3 nitrogen and oxygen atoms in total. The maximum atomic E-state index is 11.3. The summed E-state index contributed by atoms with van der Waals surface area (Å²) < 4.78 is 0. The lowest BCUT2D eigenvalue weighted by atomic mass is 10.0. The maximum absolute atomic E-state index is 11.3. The van der Waals surface area contributed by atoms with Gasteiger partial charge in [0.05, 0.1) is 0 Å². The van der Waals surface area contributed by atoms with Gasteiger partial charge in [0.25, 0.3) is 0 Å². The van der Waals surface area contributed by atoms with Crippen molar-refractivity contribution in [2.24, 2.45) is 5.92 Å². The van der Waals surface area contributed by atoms with E-state index in [1.54, 1.807) is 6.07 Å². The van der Waals surface area contributed by atoms with E-state index in [9.17, 15) is 4.79 Å². The maximum Gasteiger partial charge on any atom is 0.161 e. The number of benzene rings is 1. The Labute approximate surface area is 122 Å². The predicted octanol–water partition coefficient (Wildman–Crippen LogP) is 4.49. The quantitative estimate of drug-likeness (QED) is 0.397. The van der Waals surface area contributed by atoms with Crippen molar-refractivity contribution in [1.29, 1.82) is 0 Å². The molecule has 0 radical (unpaired) electrons. The minimum Gasteiger partial charge on any atom is -0.398 e. The molecule has 0 saturated carbocycles. The van der Waals surface area contributed by atoms with Crippen LogP contribution in [0.4, 0.5) is 11.4 Å². The molecule has 0 heterocycles. The monoisotopic (exact) mass is 276 g/mol. The Morgan fingerprint density at radius 2 is 1.90 bits per heavy atom. The van der Waals surface area contributed by atoms with Gasteiger partial charge in [0.1, 0.15) is 0 Å². The predicted molar refractivity (Wildman–Crippen MR) is 87.3 cm³/mol. The highest BCUT2D eigenvalue weighted by molar-refractivity contribution is 5.99. The minimum atomic E-state index is 0.0132. The van der Waals surface area contributed by atoms with Crippen molar-refractivity contribution in [2.75, 3.05) is 17.6 Å². The first-order chi connectivity index (χ1) is 9.50. The standard InChI is InChI=1S/C17H28N2O/c1-13(2)8-6-4-5-7-11-19-15-9-10-16(14(3)20)17(18)12-15/h9-10,12-13,19H,4-8,11,18H2,1-3H3. The normalized spacial score (nSPS) is 10.8. The Morgan fingerprint density at radius 3 is 2.50 bits per heavy atom. The molecule has 0 fully saturated rings. The Balaban J connectivity index is 2.22. The van der Waals surface area contributed by atoms with Gasteiger partial charge in [0, 0.05) is 23.5 Å². The van der Waals surface area contributed by atoms with E-state index in [0.29, 0.717) is 11.3 Å². The van der Waals surface area contributed by atoms with E-state index in [4.69, 9.17) is 5.73 Å². The van der Waals surface area contributed by atoms with Crippen LogP contribution in [0.5, 0.6) is 0 Å². The molecule has 3 heteroatoms. The highest BCUT2D eigenvalue weighted by Gasteiger charge is 2.04. The van der Waals surface area contributed by atoms with Crippen molar-refractivity contribution in [2.45, 2.75) is 52.9 Å². The largest absolute Gasteiger partial charge is 0.398 e. The molecule has 3 N–H and O–H groups in total. The molecule has 0 aliphatic rings. The summed E-state index contributed by atoms with van der Waals surface area (Å²) in [5.41, 5.74) is 8.01. The van der Waals surface area contributed by atoms with Gasteiger partial charge in [-0.3, -0.25) is 4.79 Å². The molecule has 0 aliphatic carbocycles. The number of nitrogens with two attached hydrogens (primary N) is 1. The van der Waals surface area contributed by atoms with Gasteiger partial charge < -0.3 is 11.1 Å². The van der Waals surface area contributed by atoms with E-state index in [-0.39, 0.29) is 5.78 Å². The number of carbonyl (C=O) groups is 1. The molecule has 0 unspecified atom stereocenters. The molecule has 0 aromatic heterocycles. The fourth-order valence-corrected chi connectivity index (χ4v) is 2.26. The van der Waals surface area contributed by atoms with Gasteiger partial charge in [-0.2, -0.15) is 0 Å². The van der Waals surface area contributed by atoms with E-state index >= 15 is 0 Å². The molecule has 0 spiro atoms. The van der Waals surface area contributed by atoms with Crippen LogP contribution in [0.3, 0.4) is 0 Å². The average Bonchev–Trinajstić information content (AvgIpc) is 2.37. The fourth-order valence-electron chi connectivity index (χ4n) is 2.26. The molecule has 112 valence electrons. The van der Waals surface area contributed by atoms with E-state index in [0.717, 1.165) is 18.2 Å². The van der Waals surface area contributed by atoms with Gasteiger partial charge in [-0.1, -0.05) is 39.5 Å². The number of hydrogen-bond donors (Lipinski definition) is 2. The van der Waals surface area contributed by atoms with Crippen LogP contribution in [0.25, 0.3) is 0 Å². The van der Waals surface area contributed by atoms with Crippen molar-refractivity contribution in [3.05, 3.63) is 23.8 Å². The highest BCUT2D eigenvalue weighted by Crippen LogP contribution is 2.18. The van der Waals surface area contributed by atoms with Crippen molar-refractivity contribution in [3.63, 3.8) is 0 Å².